The van der Waals surface area contributed by atoms with Crippen LogP contribution in [0.1, 0.15) is 44.0 Å². The molecule has 96 valence electrons. The van der Waals surface area contributed by atoms with E-state index in [0.717, 1.165) is 17.8 Å². The Morgan fingerprint density at radius 3 is 3.00 bits per heavy atom. The van der Waals surface area contributed by atoms with Crippen LogP contribution in [0.25, 0.3) is 0 Å². The first-order valence-electron chi connectivity index (χ1n) is 6.05. The number of carbonyl (C=O) groups excluding carboxylic acids is 1. The molecule has 17 heavy (non-hydrogen) atoms. The number of hydrogen-bond donors (Lipinski definition) is 2. The third kappa shape index (κ3) is 5.28. The standard InChI is InChI=1S/C12H21N3OS/c1-3-4-10(13)7-11(16)15-8-9(2)12-14-5-6-17-12/h5-6,9-10H,3-4,7-8,13H2,1-2H3,(H,15,16). The van der Waals surface area contributed by atoms with Gasteiger partial charge in [0.1, 0.15) is 0 Å². The van der Waals surface area contributed by atoms with Gasteiger partial charge in [-0.3, -0.25) is 4.79 Å². The largest absolute Gasteiger partial charge is 0.355 e. The van der Waals surface area contributed by atoms with E-state index >= 15 is 0 Å². The summed E-state index contributed by atoms with van der Waals surface area (Å²) in [6, 6.07) is -0.0184. The van der Waals surface area contributed by atoms with Gasteiger partial charge in [-0.15, -0.1) is 11.3 Å². The lowest BCUT2D eigenvalue weighted by atomic mass is 10.1. The lowest BCUT2D eigenvalue weighted by Gasteiger charge is -2.13. The van der Waals surface area contributed by atoms with Crippen molar-refractivity contribution in [2.24, 2.45) is 5.73 Å². The molecule has 1 heterocycles. The molecule has 0 fully saturated rings. The maximum atomic E-state index is 11.6. The molecule has 0 aromatic carbocycles. The summed E-state index contributed by atoms with van der Waals surface area (Å²) >= 11 is 1.62. The summed E-state index contributed by atoms with van der Waals surface area (Å²) in [6.45, 7) is 4.76. The quantitative estimate of drug-likeness (QED) is 0.781. The Kier molecular flexibility index (Phi) is 6.15. The van der Waals surface area contributed by atoms with E-state index in [1.807, 2.05) is 5.38 Å². The van der Waals surface area contributed by atoms with Crippen LogP contribution in [0.15, 0.2) is 11.6 Å². The Morgan fingerprint density at radius 1 is 1.65 bits per heavy atom. The zero-order valence-electron chi connectivity index (χ0n) is 10.5. The molecule has 0 aliphatic carbocycles. The molecule has 0 aliphatic rings. The minimum atomic E-state index is -0.0184. The number of hydrogen-bond acceptors (Lipinski definition) is 4. The summed E-state index contributed by atoms with van der Waals surface area (Å²) in [4.78, 5) is 15.8. The zero-order chi connectivity index (χ0) is 12.7. The van der Waals surface area contributed by atoms with Crippen LogP contribution in [-0.4, -0.2) is 23.5 Å². The summed E-state index contributed by atoms with van der Waals surface area (Å²) in [5.41, 5.74) is 5.81. The van der Waals surface area contributed by atoms with Gasteiger partial charge in [0.25, 0.3) is 0 Å². The molecule has 1 amide bonds. The molecular weight excluding hydrogens is 234 g/mol. The monoisotopic (exact) mass is 255 g/mol. The van der Waals surface area contributed by atoms with Crippen LogP contribution in [0.5, 0.6) is 0 Å². The van der Waals surface area contributed by atoms with Crippen molar-refractivity contribution < 1.29 is 4.79 Å². The number of carbonyl (C=O) groups is 1. The first-order valence-corrected chi connectivity index (χ1v) is 6.93. The summed E-state index contributed by atoms with van der Waals surface area (Å²) in [5.74, 6) is 0.302. The number of nitrogens with zero attached hydrogens (tertiary/aromatic N) is 1. The van der Waals surface area contributed by atoms with Gasteiger partial charge in [0, 0.05) is 36.5 Å². The van der Waals surface area contributed by atoms with Crippen LogP contribution in [0.3, 0.4) is 0 Å². The van der Waals surface area contributed by atoms with Crippen molar-refractivity contribution in [3.05, 3.63) is 16.6 Å². The van der Waals surface area contributed by atoms with Crippen LogP contribution >= 0.6 is 11.3 Å². The number of amides is 1. The number of rotatable bonds is 7. The summed E-state index contributed by atoms with van der Waals surface area (Å²) in [6.07, 6.45) is 4.12. The van der Waals surface area contributed by atoms with Crippen molar-refractivity contribution in [3.8, 4) is 0 Å². The van der Waals surface area contributed by atoms with Gasteiger partial charge < -0.3 is 11.1 Å². The average molecular weight is 255 g/mol. The van der Waals surface area contributed by atoms with Crippen molar-refractivity contribution in [1.82, 2.24) is 10.3 Å². The van der Waals surface area contributed by atoms with E-state index in [1.54, 1.807) is 17.5 Å². The zero-order valence-corrected chi connectivity index (χ0v) is 11.3. The van der Waals surface area contributed by atoms with Crippen molar-refractivity contribution >= 4 is 17.2 Å². The highest BCUT2D eigenvalue weighted by Crippen LogP contribution is 2.16. The van der Waals surface area contributed by atoms with Crippen molar-refractivity contribution in [1.29, 1.82) is 0 Å². The summed E-state index contributed by atoms with van der Waals surface area (Å²) in [7, 11) is 0. The second-order valence-electron chi connectivity index (χ2n) is 4.33. The Bertz CT molecular complexity index is 327. The van der Waals surface area contributed by atoms with Gasteiger partial charge in [-0.2, -0.15) is 0 Å². The second-order valence-corrected chi connectivity index (χ2v) is 5.25. The molecule has 0 aliphatic heterocycles. The van der Waals surface area contributed by atoms with Gasteiger partial charge in [-0.1, -0.05) is 20.3 Å². The van der Waals surface area contributed by atoms with E-state index in [0.29, 0.717) is 13.0 Å². The van der Waals surface area contributed by atoms with Gasteiger partial charge in [0.2, 0.25) is 5.91 Å². The molecule has 2 unspecified atom stereocenters. The number of thiazole rings is 1. The number of nitrogens with one attached hydrogen (secondary N) is 1. The van der Waals surface area contributed by atoms with E-state index in [9.17, 15) is 4.79 Å². The molecule has 1 aromatic rings. The molecule has 0 bridgehead atoms. The second kappa shape index (κ2) is 7.40. The van der Waals surface area contributed by atoms with Crippen LogP contribution in [0.4, 0.5) is 0 Å². The van der Waals surface area contributed by atoms with Crippen LogP contribution in [-0.2, 0) is 4.79 Å². The van der Waals surface area contributed by atoms with Crippen molar-refractivity contribution in [2.75, 3.05) is 6.54 Å². The molecule has 5 heteroatoms. The summed E-state index contributed by atoms with van der Waals surface area (Å²) in [5, 5.41) is 5.92. The maximum absolute atomic E-state index is 11.6. The molecule has 0 spiro atoms. The lowest BCUT2D eigenvalue weighted by molar-refractivity contribution is -0.121. The SMILES string of the molecule is CCCC(N)CC(=O)NCC(C)c1nccs1. The van der Waals surface area contributed by atoms with Crippen molar-refractivity contribution in [2.45, 2.75) is 45.1 Å². The van der Waals surface area contributed by atoms with E-state index in [-0.39, 0.29) is 17.9 Å². The Hall–Kier alpha value is -0.940. The highest BCUT2D eigenvalue weighted by Gasteiger charge is 2.12. The first kappa shape index (κ1) is 14.1. The van der Waals surface area contributed by atoms with Crippen LogP contribution in [0.2, 0.25) is 0 Å². The van der Waals surface area contributed by atoms with Gasteiger partial charge in [-0.25, -0.2) is 4.98 Å². The normalized spacial score (nSPS) is 14.3. The molecule has 0 saturated carbocycles. The predicted octanol–water partition coefficient (Wildman–Crippen LogP) is 1.88. The third-order valence-corrected chi connectivity index (χ3v) is 3.59. The fourth-order valence-corrected chi connectivity index (χ4v) is 2.31. The van der Waals surface area contributed by atoms with Gasteiger partial charge >= 0.3 is 0 Å². The molecular formula is C12H21N3OS. The number of aromatic nitrogens is 1. The van der Waals surface area contributed by atoms with E-state index in [1.165, 1.54) is 0 Å². The van der Waals surface area contributed by atoms with E-state index in [2.05, 4.69) is 24.1 Å². The molecule has 3 N–H and O–H groups in total. The van der Waals surface area contributed by atoms with Gasteiger partial charge in [0.15, 0.2) is 0 Å². The van der Waals surface area contributed by atoms with Crippen LogP contribution in [0, 0.1) is 0 Å². The minimum absolute atomic E-state index is 0.0184. The third-order valence-electron chi connectivity index (χ3n) is 2.59. The molecule has 0 radical (unpaired) electrons. The minimum Gasteiger partial charge on any atom is -0.355 e. The maximum Gasteiger partial charge on any atom is 0.221 e. The Labute approximate surface area is 107 Å². The Morgan fingerprint density at radius 2 is 2.41 bits per heavy atom. The lowest BCUT2D eigenvalue weighted by Crippen LogP contribution is -2.33. The highest BCUT2D eigenvalue weighted by atomic mass is 32.1. The Balaban J connectivity index is 2.24. The van der Waals surface area contributed by atoms with Gasteiger partial charge in [0.05, 0.1) is 5.01 Å². The van der Waals surface area contributed by atoms with Crippen molar-refractivity contribution in [3.63, 3.8) is 0 Å². The fourth-order valence-electron chi connectivity index (χ4n) is 1.62. The first-order chi connectivity index (χ1) is 8.13. The molecule has 2 atom stereocenters. The van der Waals surface area contributed by atoms with E-state index in [4.69, 9.17) is 5.73 Å². The van der Waals surface area contributed by atoms with Gasteiger partial charge in [-0.05, 0) is 6.42 Å². The molecule has 0 saturated heterocycles. The average Bonchev–Trinajstić information content (AvgIpc) is 2.79. The summed E-state index contributed by atoms with van der Waals surface area (Å²) < 4.78 is 0. The molecule has 4 nitrogen and oxygen atoms in total. The topological polar surface area (TPSA) is 68.0 Å². The van der Waals surface area contributed by atoms with E-state index < -0.39 is 0 Å². The predicted molar refractivity (Wildman–Crippen MR) is 71.0 cm³/mol. The number of nitrogens with two attached hydrogens (primary N) is 1. The molecule has 1 aromatic heterocycles. The fraction of sp³-hybridized carbons (Fsp3) is 0.667. The van der Waals surface area contributed by atoms with Crippen LogP contribution < -0.4 is 11.1 Å². The molecule has 1 rings (SSSR count). The smallest absolute Gasteiger partial charge is 0.221 e. The highest BCUT2D eigenvalue weighted by molar-refractivity contribution is 7.09.